The van der Waals surface area contributed by atoms with Crippen molar-refractivity contribution in [2.75, 3.05) is 13.2 Å². The Labute approximate surface area is 154 Å². The molecule has 0 bridgehead atoms. The second-order valence-corrected chi connectivity index (χ2v) is 7.12. The largest absolute Gasteiger partial charge is 0.484 e. The summed E-state index contributed by atoms with van der Waals surface area (Å²) < 4.78 is 18.8. The highest BCUT2D eigenvalue weighted by atomic mass is 16.6. The number of aromatic nitrogens is 3. The number of nitrogens with zero attached hydrogens (tertiary/aromatic N) is 3. The lowest BCUT2D eigenvalue weighted by molar-refractivity contribution is 0.0538. The summed E-state index contributed by atoms with van der Waals surface area (Å²) in [4.78, 5) is 30.0. The second kappa shape index (κ2) is 6.15. The highest BCUT2D eigenvalue weighted by Crippen LogP contribution is 2.30. The van der Waals surface area contributed by atoms with Gasteiger partial charge in [-0.2, -0.15) is 4.57 Å². The molecule has 0 atom stereocenters. The quantitative estimate of drug-likeness (QED) is 0.656. The molecule has 8 heteroatoms. The average Bonchev–Trinajstić information content (AvgIpc) is 2.91. The summed E-state index contributed by atoms with van der Waals surface area (Å²) in [6.07, 6.45) is 0.786. The van der Waals surface area contributed by atoms with E-state index in [1.54, 1.807) is 51.1 Å². The zero-order valence-electron chi connectivity index (χ0n) is 15.3. The molecule has 0 spiro atoms. The number of fused-ring (bicyclic) bond motifs is 2. The molecule has 0 aliphatic carbocycles. The monoisotopic (exact) mass is 369 g/mol. The predicted molar refractivity (Wildman–Crippen MR) is 98.0 cm³/mol. The third-order valence-electron chi connectivity index (χ3n) is 3.96. The number of hydrogen-bond acceptors (Lipinski definition) is 6. The average molecular weight is 369 g/mol. The van der Waals surface area contributed by atoms with Crippen LogP contribution in [0.3, 0.4) is 0 Å². The fourth-order valence-corrected chi connectivity index (χ4v) is 2.93. The Kier molecular flexibility index (Phi) is 3.91. The van der Waals surface area contributed by atoms with Crippen LogP contribution in [0.2, 0.25) is 0 Å². The molecule has 2 aromatic heterocycles. The molecule has 0 amide bonds. The second-order valence-electron chi connectivity index (χ2n) is 7.12. The number of imidazole rings is 1. The van der Waals surface area contributed by atoms with Crippen LogP contribution < -0.4 is 15.2 Å². The Hall–Kier alpha value is -3.29. The molecular weight excluding hydrogens is 350 g/mol. The third kappa shape index (κ3) is 3.03. The van der Waals surface area contributed by atoms with Gasteiger partial charge in [0, 0.05) is 6.07 Å². The van der Waals surface area contributed by atoms with Gasteiger partial charge in [0.1, 0.15) is 18.8 Å². The third-order valence-corrected chi connectivity index (χ3v) is 3.96. The summed E-state index contributed by atoms with van der Waals surface area (Å²) in [6.45, 7) is 6.09. The van der Waals surface area contributed by atoms with Gasteiger partial charge in [-0.25, -0.2) is 14.6 Å². The van der Waals surface area contributed by atoms with Crippen molar-refractivity contribution in [3.05, 3.63) is 47.0 Å². The van der Waals surface area contributed by atoms with Gasteiger partial charge in [-0.3, -0.25) is 4.57 Å². The van der Waals surface area contributed by atoms with Gasteiger partial charge in [0.25, 0.3) is 5.88 Å². The van der Waals surface area contributed by atoms with Crippen LogP contribution in [-0.2, 0) is 4.74 Å². The number of ether oxygens (including phenoxy) is 3. The zero-order valence-corrected chi connectivity index (χ0v) is 15.3. The molecule has 140 valence electrons. The highest BCUT2D eigenvalue weighted by molar-refractivity contribution is 5.88. The van der Waals surface area contributed by atoms with E-state index in [1.807, 2.05) is 0 Å². The van der Waals surface area contributed by atoms with E-state index in [9.17, 15) is 9.59 Å². The van der Waals surface area contributed by atoms with Gasteiger partial charge in [-0.1, -0.05) is 12.1 Å². The van der Waals surface area contributed by atoms with E-state index < -0.39 is 17.4 Å². The number of para-hydroxylation sites is 2. The molecule has 0 saturated heterocycles. The van der Waals surface area contributed by atoms with Crippen LogP contribution in [0.5, 0.6) is 11.6 Å². The summed E-state index contributed by atoms with van der Waals surface area (Å²) in [5.74, 6) is 0.841. The van der Waals surface area contributed by atoms with Gasteiger partial charge in [-0.15, -0.1) is 0 Å². The molecule has 0 saturated carbocycles. The Morgan fingerprint density at radius 2 is 1.85 bits per heavy atom. The van der Waals surface area contributed by atoms with E-state index in [0.29, 0.717) is 41.6 Å². The maximum Gasteiger partial charge on any atom is 0.423 e. The van der Waals surface area contributed by atoms with Crippen molar-refractivity contribution in [1.29, 1.82) is 0 Å². The van der Waals surface area contributed by atoms with Gasteiger partial charge < -0.3 is 14.2 Å². The minimum Gasteiger partial charge on any atom is -0.484 e. The van der Waals surface area contributed by atoms with Crippen molar-refractivity contribution in [3.8, 4) is 17.3 Å². The van der Waals surface area contributed by atoms with Gasteiger partial charge in [0.2, 0.25) is 0 Å². The first-order valence-corrected chi connectivity index (χ1v) is 8.57. The lowest BCUT2D eigenvalue weighted by Gasteiger charge is -2.19. The minimum atomic E-state index is -0.729. The fourth-order valence-electron chi connectivity index (χ4n) is 2.93. The Morgan fingerprint density at radius 3 is 2.59 bits per heavy atom. The smallest absolute Gasteiger partial charge is 0.423 e. The zero-order chi connectivity index (χ0) is 19.2. The van der Waals surface area contributed by atoms with Crippen molar-refractivity contribution < 1.29 is 19.0 Å². The number of benzene rings is 1. The van der Waals surface area contributed by atoms with E-state index in [-0.39, 0.29) is 0 Å². The van der Waals surface area contributed by atoms with Gasteiger partial charge >= 0.3 is 11.8 Å². The molecule has 1 aromatic carbocycles. The van der Waals surface area contributed by atoms with Crippen LogP contribution in [0.25, 0.3) is 16.7 Å². The van der Waals surface area contributed by atoms with Crippen LogP contribution in [0, 0.1) is 0 Å². The summed E-state index contributed by atoms with van der Waals surface area (Å²) in [6, 6.07) is 8.68. The SMILES string of the molecule is CC(C)(C)OC(=O)n1c(=O)n(-c2cnc3c(c2)OCCO3)c2ccccc21. The van der Waals surface area contributed by atoms with Crippen molar-refractivity contribution >= 4 is 17.1 Å². The topological polar surface area (TPSA) is 84.6 Å². The highest BCUT2D eigenvalue weighted by Gasteiger charge is 2.25. The molecule has 0 radical (unpaired) electrons. The van der Waals surface area contributed by atoms with E-state index in [1.165, 1.54) is 10.8 Å². The molecule has 3 heterocycles. The number of hydrogen-bond donors (Lipinski definition) is 0. The van der Waals surface area contributed by atoms with E-state index >= 15 is 0 Å². The molecule has 27 heavy (non-hydrogen) atoms. The first-order valence-electron chi connectivity index (χ1n) is 8.57. The first kappa shape index (κ1) is 17.1. The van der Waals surface area contributed by atoms with E-state index in [0.717, 1.165) is 4.57 Å². The van der Waals surface area contributed by atoms with Crippen molar-refractivity contribution in [2.45, 2.75) is 26.4 Å². The number of pyridine rings is 1. The summed E-state index contributed by atoms with van der Waals surface area (Å²) in [5.41, 5.74) is 0.225. The summed E-state index contributed by atoms with van der Waals surface area (Å²) in [7, 11) is 0. The van der Waals surface area contributed by atoms with Crippen molar-refractivity contribution in [3.63, 3.8) is 0 Å². The molecule has 1 aliphatic heterocycles. The Balaban J connectivity index is 1.91. The molecule has 8 nitrogen and oxygen atoms in total. The molecule has 3 aromatic rings. The molecule has 0 fully saturated rings. The first-order chi connectivity index (χ1) is 12.8. The molecule has 0 unspecified atom stereocenters. The van der Waals surface area contributed by atoms with Crippen molar-refractivity contribution in [1.82, 2.24) is 14.1 Å². The van der Waals surface area contributed by atoms with Crippen LogP contribution >= 0.6 is 0 Å². The Morgan fingerprint density at radius 1 is 1.15 bits per heavy atom. The number of carbonyl (C=O) groups is 1. The van der Waals surface area contributed by atoms with Gasteiger partial charge in [0.05, 0.1) is 22.9 Å². The Bertz CT molecular complexity index is 1090. The lowest BCUT2D eigenvalue weighted by Crippen LogP contribution is -2.34. The predicted octanol–water partition coefficient (Wildman–Crippen LogP) is 2.74. The normalized spacial score (nSPS) is 13.6. The maximum atomic E-state index is 13.1. The fraction of sp³-hybridized carbons (Fsp3) is 0.316. The summed E-state index contributed by atoms with van der Waals surface area (Å²) >= 11 is 0. The van der Waals surface area contributed by atoms with Crippen LogP contribution in [0.1, 0.15) is 20.8 Å². The van der Waals surface area contributed by atoms with Crippen LogP contribution in [0.15, 0.2) is 41.3 Å². The van der Waals surface area contributed by atoms with Gasteiger partial charge in [-0.05, 0) is 32.9 Å². The van der Waals surface area contributed by atoms with Crippen LogP contribution in [-0.4, -0.2) is 39.0 Å². The molecular formula is C19H19N3O5. The standard InChI is InChI=1S/C19H19N3O5/c1-19(2,3)27-18(24)22-14-7-5-4-6-13(14)21(17(22)23)12-10-15-16(20-11-12)26-9-8-25-15/h4-7,10-11H,8-9H2,1-3H3. The molecule has 1 aliphatic rings. The lowest BCUT2D eigenvalue weighted by atomic mass is 10.2. The molecule has 0 N–H and O–H groups in total. The minimum absolute atomic E-state index is 0.383. The molecule has 4 rings (SSSR count). The summed E-state index contributed by atoms with van der Waals surface area (Å²) in [5, 5.41) is 0. The number of carbonyl (C=O) groups excluding carboxylic acids is 1. The van der Waals surface area contributed by atoms with E-state index in [4.69, 9.17) is 14.2 Å². The van der Waals surface area contributed by atoms with E-state index in [2.05, 4.69) is 4.98 Å². The maximum absolute atomic E-state index is 13.1. The van der Waals surface area contributed by atoms with Gasteiger partial charge in [0.15, 0.2) is 5.75 Å². The number of rotatable bonds is 1. The van der Waals surface area contributed by atoms with Crippen LogP contribution in [0.4, 0.5) is 4.79 Å². The van der Waals surface area contributed by atoms with Crippen molar-refractivity contribution in [2.24, 2.45) is 0 Å².